The van der Waals surface area contributed by atoms with Crippen LogP contribution in [0.5, 0.6) is 5.75 Å². The number of carbonyl (C=O) groups is 1. The van der Waals surface area contributed by atoms with Crippen molar-refractivity contribution in [3.8, 4) is 5.75 Å². The van der Waals surface area contributed by atoms with Gasteiger partial charge in [-0.25, -0.2) is 0 Å². The van der Waals surface area contributed by atoms with E-state index in [2.05, 4.69) is 0 Å². The van der Waals surface area contributed by atoms with Crippen LogP contribution in [0, 0.1) is 6.92 Å². The molecule has 0 aromatic heterocycles. The van der Waals surface area contributed by atoms with Crippen molar-refractivity contribution < 1.29 is 9.53 Å². The molecule has 0 aliphatic heterocycles. The second-order valence-electron chi connectivity index (χ2n) is 4.10. The first kappa shape index (κ1) is 13.9. The molecule has 2 aromatic rings. The predicted molar refractivity (Wildman–Crippen MR) is 77.4 cm³/mol. The second kappa shape index (κ2) is 6.09. The van der Waals surface area contributed by atoms with Gasteiger partial charge in [0.15, 0.2) is 6.29 Å². The number of para-hydroxylation sites is 1. The maximum absolute atomic E-state index is 11.0. The number of rotatable bonds is 4. The SMILES string of the molecule is Cc1cccc(C=O)c1OCc1c(Cl)cccc1Cl. The number of hydrogen-bond donors (Lipinski definition) is 0. The molecule has 0 unspecified atom stereocenters. The summed E-state index contributed by atoms with van der Waals surface area (Å²) in [5.74, 6) is 0.563. The van der Waals surface area contributed by atoms with Gasteiger partial charge >= 0.3 is 0 Å². The van der Waals surface area contributed by atoms with Crippen LogP contribution in [-0.2, 0) is 6.61 Å². The molecule has 0 atom stereocenters. The van der Waals surface area contributed by atoms with Crippen LogP contribution in [0.1, 0.15) is 21.5 Å². The standard InChI is InChI=1S/C15H12Cl2O2/c1-10-4-2-5-11(8-18)15(10)19-9-12-13(16)6-3-7-14(12)17/h2-8H,9H2,1H3. The highest BCUT2D eigenvalue weighted by atomic mass is 35.5. The van der Waals surface area contributed by atoms with Crippen molar-refractivity contribution in [1.29, 1.82) is 0 Å². The van der Waals surface area contributed by atoms with E-state index in [-0.39, 0.29) is 6.61 Å². The van der Waals surface area contributed by atoms with Crippen LogP contribution in [0.25, 0.3) is 0 Å². The Labute approximate surface area is 121 Å². The van der Waals surface area contributed by atoms with Crippen LogP contribution >= 0.6 is 23.2 Å². The van der Waals surface area contributed by atoms with Crippen LogP contribution in [0.15, 0.2) is 36.4 Å². The lowest BCUT2D eigenvalue weighted by molar-refractivity contribution is 0.111. The molecule has 2 rings (SSSR count). The summed E-state index contributed by atoms with van der Waals surface area (Å²) in [6, 6.07) is 10.7. The van der Waals surface area contributed by atoms with Crippen molar-refractivity contribution in [3.63, 3.8) is 0 Å². The maximum atomic E-state index is 11.0. The lowest BCUT2D eigenvalue weighted by atomic mass is 10.1. The topological polar surface area (TPSA) is 26.3 Å². The summed E-state index contributed by atoms with van der Waals surface area (Å²) in [5.41, 5.74) is 2.13. The van der Waals surface area contributed by atoms with E-state index in [0.717, 1.165) is 11.8 Å². The average Bonchev–Trinajstić information content (AvgIpc) is 2.39. The van der Waals surface area contributed by atoms with Gasteiger partial charge in [0.05, 0.1) is 5.56 Å². The van der Waals surface area contributed by atoms with Crippen LogP contribution in [-0.4, -0.2) is 6.29 Å². The minimum absolute atomic E-state index is 0.226. The number of ether oxygens (including phenoxy) is 1. The zero-order valence-electron chi connectivity index (χ0n) is 10.3. The third-order valence-corrected chi connectivity index (χ3v) is 3.50. The van der Waals surface area contributed by atoms with E-state index in [1.54, 1.807) is 24.3 Å². The molecule has 19 heavy (non-hydrogen) atoms. The van der Waals surface area contributed by atoms with Gasteiger partial charge in [0.25, 0.3) is 0 Å². The first-order valence-corrected chi connectivity index (χ1v) is 6.49. The van der Waals surface area contributed by atoms with Gasteiger partial charge in [-0.05, 0) is 30.7 Å². The average molecular weight is 295 g/mol. The van der Waals surface area contributed by atoms with Gasteiger partial charge in [0.2, 0.25) is 0 Å². The fourth-order valence-corrected chi connectivity index (χ4v) is 2.29. The van der Waals surface area contributed by atoms with E-state index in [4.69, 9.17) is 27.9 Å². The fourth-order valence-electron chi connectivity index (χ4n) is 1.78. The molecule has 0 bridgehead atoms. The fraction of sp³-hybridized carbons (Fsp3) is 0.133. The summed E-state index contributed by atoms with van der Waals surface area (Å²) >= 11 is 12.2. The predicted octanol–water partition coefficient (Wildman–Crippen LogP) is 4.69. The highest BCUT2D eigenvalue weighted by Crippen LogP contribution is 2.28. The molecule has 0 heterocycles. The van der Waals surface area contributed by atoms with Crippen molar-refractivity contribution in [3.05, 3.63) is 63.1 Å². The van der Waals surface area contributed by atoms with Gasteiger partial charge in [-0.2, -0.15) is 0 Å². The minimum Gasteiger partial charge on any atom is -0.488 e. The largest absolute Gasteiger partial charge is 0.488 e. The van der Waals surface area contributed by atoms with Crippen molar-refractivity contribution >= 4 is 29.5 Å². The van der Waals surface area contributed by atoms with Gasteiger partial charge < -0.3 is 4.74 Å². The zero-order valence-corrected chi connectivity index (χ0v) is 11.8. The summed E-state index contributed by atoms with van der Waals surface area (Å²) in [6.07, 6.45) is 0.774. The van der Waals surface area contributed by atoms with Gasteiger partial charge in [0.1, 0.15) is 12.4 Å². The molecule has 98 valence electrons. The first-order chi connectivity index (χ1) is 9.13. The molecule has 0 saturated carbocycles. The number of halogens is 2. The summed E-state index contributed by atoms with van der Waals surface area (Å²) < 4.78 is 5.71. The van der Waals surface area contributed by atoms with Crippen LogP contribution < -0.4 is 4.74 Å². The van der Waals surface area contributed by atoms with Crippen molar-refractivity contribution in [2.45, 2.75) is 13.5 Å². The zero-order chi connectivity index (χ0) is 13.8. The minimum atomic E-state index is 0.226. The molecular weight excluding hydrogens is 283 g/mol. The molecule has 0 fully saturated rings. The monoisotopic (exact) mass is 294 g/mol. The molecular formula is C15H12Cl2O2. The normalized spacial score (nSPS) is 10.3. The lowest BCUT2D eigenvalue weighted by Crippen LogP contribution is -2.01. The van der Waals surface area contributed by atoms with E-state index in [0.29, 0.717) is 26.9 Å². The summed E-state index contributed by atoms with van der Waals surface area (Å²) in [6.45, 7) is 2.11. The van der Waals surface area contributed by atoms with Gasteiger partial charge in [0, 0.05) is 15.6 Å². The Balaban J connectivity index is 2.26. The number of aryl methyl sites for hydroxylation is 1. The Kier molecular flexibility index (Phi) is 4.46. The van der Waals surface area contributed by atoms with Crippen LogP contribution in [0.4, 0.5) is 0 Å². The van der Waals surface area contributed by atoms with E-state index in [1.807, 2.05) is 19.1 Å². The smallest absolute Gasteiger partial charge is 0.153 e. The van der Waals surface area contributed by atoms with Gasteiger partial charge in [-0.3, -0.25) is 4.79 Å². The molecule has 0 N–H and O–H groups in total. The second-order valence-corrected chi connectivity index (χ2v) is 4.91. The maximum Gasteiger partial charge on any atom is 0.153 e. The molecule has 0 aliphatic carbocycles. The lowest BCUT2D eigenvalue weighted by Gasteiger charge is -2.13. The van der Waals surface area contributed by atoms with E-state index >= 15 is 0 Å². The summed E-state index contributed by atoms with van der Waals surface area (Å²) in [5, 5.41) is 1.10. The third kappa shape index (κ3) is 3.09. The van der Waals surface area contributed by atoms with Crippen LogP contribution in [0.2, 0.25) is 10.0 Å². The van der Waals surface area contributed by atoms with Crippen molar-refractivity contribution in [2.75, 3.05) is 0 Å². The quantitative estimate of drug-likeness (QED) is 0.765. The van der Waals surface area contributed by atoms with Gasteiger partial charge in [-0.15, -0.1) is 0 Å². The third-order valence-electron chi connectivity index (χ3n) is 2.79. The van der Waals surface area contributed by atoms with Crippen molar-refractivity contribution in [2.24, 2.45) is 0 Å². The van der Waals surface area contributed by atoms with Crippen molar-refractivity contribution in [1.82, 2.24) is 0 Å². The number of carbonyl (C=O) groups excluding carboxylic acids is 1. The van der Waals surface area contributed by atoms with E-state index in [9.17, 15) is 4.79 Å². The molecule has 2 nitrogen and oxygen atoms in total. The Morgan fingerprint density at radius 2 is 1.74 bits per heavy atom. The first-order valence-electron chi connectivity index (χ1n) is 5.74. The van der Waals surface area contributed by atoms with E-state index < -0.39 is 0 Å². The molecule has 2 aromatic carbocycles. The molecule has 0 amide bonds. The van der Waals surface area contributed by atoms with Crippen LogP contribution in [0.3, 0.4) is 0 Å². The Bertz CT molecular complexity index is 589. The molecule has 0 saturated heterocycles. The number of hydrogen-bond acceptors (Lipinski definition) is 2. The Morgan fingerprint density at radius 1 is 1.11 bits per heavy atom. The Morgan fingerprint density at radius 3 is 2.37 bits per heavy atom. The Hall–Kier alpha value is -1.51. The molecule has 4 heteroatoms. The highest BCUT2D eigenvalue weighted by molar-refractivity contribution is 6.35. The summed E-state index contributed by atoms with van der Waals surface area (Å²) in [7, 11) is 0. The van der Waals surface area contributed by atoms with E-state index in [1.165, 1.54) is 0 Å². The number of benzene rings is 2. The molecule has 0 radical (unpaired) electrons. The van der Waals surface area contributed by atoms with Gasteiger partial charge in [-0.1, -0.05) is 41.4 Å². The molecule has 0 aliphatic rings. The number of aldehydes is 1. The summed E-state index contributed by atoms with van der Waals surface area (Å²) in [4.78, 5) is 11.0. The highest BCUT2D eigenvalue weighted by Gasteiger charge is 2.10. The molecule has 0 spiro atoms.